The lowest BCUT2D eigenvalue weighted by Gasteiger charge is -2.05. The summed E-state index contributed by atoms with van der Waals surface area (Å²) >= 11 is 0. The third-order valence-electron chi connectivity index (χ3n) is 3.74. The average Bonchev–Trinajstić information content (AvgIpc) is 2.61. The van der Waals surface area contributed by atoms with Crippen molar-refractivity contribution in [3.63, 3.8) is 0 Å². The molecule has 2 N–H and O–H groups in total. The lowest BCUT2D eigenvalue weighted by molar-refractivity contribution is 0.0693. The summed E-state index contributed by atoms with van der Waals surface area (Å²) in [5.74, 6) is -1.94. The number of hydrogen-bond donors (Lipinski definition) is 2. The summed E-state index contributed by atoms with van der Waals surface area (Å²) in [6.07, 6.45) is 1.05. The Bertz CT molecular complexity index is 970. The van der Waals surface area contributed by atoms with Crippen molar-refractivity contribution in [1.82, 2.24) is 0 Å². The van der Waals surface area contributed by atoms with Crippen LogP contribution in [-0.4, -0.2) is 22.0 Å². The van der Waals surface area contributed by atoms with Gasteiger partial charge in [-0.1, -0.05) is 54.6 Å². The summed E-state index contributed by atoms with van der Waals surface area (Å²) < 4.78 is 0. The highest BCUT2D eigenvalue weighted by molar-refractivity contribution is 6.13. The normalized spacial score (nSPS) is 11.4. The fraction of sp³-hybridized carbons (Fsp3) is 0. The highest BCUT2D eigenvalue weighted by Crippen LogP contribution is 2.21. The van der Waals surface area contributed by atoms with E-state index in [4.69, 9.17) is 5.11 Å². The molecule has 0 saturated heterocycles. The molecule has 0 radical (unpaired) electrons. The molecule has 0 aliphatic rings. The highest BCUT2D eigenvalue weighted by Gasteiger charge is 2.15. The van der Waals surface area contributed by atoms with Gasteiger partial charge in [0.1, 0.15) is 5.76 Å². The van der Waals surface area contributed by atoms with Crippen molar-refractivity contribution >= 4 is 28.3 Å². The lowest BCUT2D eigenvalue weighted by Crippen LogP contribution is -2.07. The summed E-state index contributed by atoms with van der Waals surface area (Å²) in [4.78, 5) is 23.5. The van der Waals surface area contributed by atoms with Crippen molar-refractivity contribution in [2.75, 3.05) is 0 Å². The molecular formula is C20H14O4. The van der Waals surface area contributed by atoms with E-state index < -0.39 is 11.8 Å². The molecule has 0 aliphatic heterocycles. The second-order valence-corrected chi connectivity index (χ2v) is 5.31. The van der Waals surface area contributed by atoms with Crippen molar-refractivity contribution in [2.45, 2.75) is 0 Å². The standard InChI is InChI=1S/C20H14O4/c21-18(15-10-9-13-5-1-2-6-14(13)11-15)12-19(22)16-7-3-4-8-17(16)20(23)24/h1-12,21H,(H,23,24)/b18-12-. The van der Waals surface area contributed by atoms with Crippen LogP contribution in [0.4, 0.5) is 0 Å². The van der Waals surface area contributed by atoms with E-state index in [1.54, 1.807) is 24.3 Å². The first-order valence-electron chi connectivity index (χ1n) is 7.33. The number of aromatic carboxylic acids is 1. The Morgan fingerprint density at radius 3 is 2.08 bits per heavy atom. The molecule has 3 aromatic carbocycles. The number of aliphatic hydroxyl groups excluding tert-OH is 1. The average molecular weight is 318 g/mol. The van der Waals surface area contributed by atoms with Crippen LogP contribution in [-0.2, 0) is 0 Å². The minimum absolute atomic E-state index is 0.0392. The van der Waals surface area contributed by atoms with Crippen LogP contribution < -0.4 is 0 Å². The van der Waals surface area contributed by atoms with Gasteiger partial charge in [-0.25, -0.2) is 4.79 Å². The lowest BCUT2D eigenvalue weighted by atomic mass is 10.0. The van der Waals surface area contributed by atoms with Gasteiger partial charge in [0.25, 0.3) is 0 Å². The number of carboxylic acid groups (broad SMARTS) is 1. The third kappa shape index (κ3) is 3.03. The number of carboxylic acids is 1. The molecule has 24 heavy (non-hydrogen) atoms. The van der Waals surface area contributed by atoms with E-state index in [-0.39, 0.29) is 16.9 Å². The maximum absolute atomic E-state index is 12.3. The number of aliphatic hydroxyl groups is 1. The van der Waals surface area contributed by atoms with Gasteiger partial charge >= 0.3 is 5.97 Å². The summed E-state index contributed by atoms with van der Waals surface area (Å²) in [5.41, 5.74) is 0.442. The minimum Gasteiger partial charge on any atom is -0.507 e. The van der Waals surface area contributed by atoms with Crippen LogP contribution in [0.5, 0.6) is 0 Å². The van der Waals surface area contributed by atoms with Crippen LogP contribution in [0, 0.1) is 0 Å². The van der Waals surface area contributed by atoms with Gasteiger partial charge in [-0.15, -0.1) is 0 Å². The van der Waals surface area contributed by atoms with Crippen LogP contribution in [0.25, 0.3) is 16.5 Å². The number of ketones is 1. The van der Waals surface area contributed by atoms with E-state index in [2.05, 4.69) is 0 Å². The van der Waals surface area contributed by atoms with Crippen LogP contribution in [0.15, 0.2) is 72.8 Å². The van der Waals surface area contributed by atoms with E-state index in [9.17, 15) is 14.7 Å². The van der Waals surface area contributed by atoms with E-state index in [1.807, 2.05) is 30.3 Å². The van der Waals surface area contributed by atoms with E-state index in [0.29, 0.717) is 5.56 Å². The first-order valence-corrected chi connectivity index (χ1v) is 7.33. The van der Waals surface area contributed by atoms with E-state index >= 15 is 0 Å². The SMILES string of the molecule is O=C(O)c1ccccc1C(=O)/C=C(\O)c1ccc2ccccc2c1. The Kier molecular flexibility index (Phi) is 4.12. The fourth-order valence-electron chi connectivity index (χ4n) is 2.52. The van der Waals surface area contributed by atoms with Crippen LogP contribution in [0.1, 0.15) is 26.3 Å². The van der Waals surface area contributed by atoms with Crippen molar-refractivity contribution in [3.8, 4) is 0 Å². The van der Waals surface area contributed by atoms with Gasteiger partial charge in [0.2, 0.25) is 0 Å². The molecule has 4 heteroatoms. The number of carbonyl (C=O) groups is 2. The molecule has 0 spiro atoms. The third-order valence-corrected chi connectivity index (χ3v) is 3.74. The van der Waals surface area contributed by atoms with E-state index in [0.717, 1.165) is 16.8 Å². The van der Waals surface area contributed by atoms with Gasteiger partial charge in [-0.05, 0) is 22.9 Å². The topological polar surface area (TPSA) is 74.6 Å². The second-order valence-electron chi connectivity index (χ2n) is 5.31. The molecule has 3 aromatic rings. The van der Waals surface area contributed by atoms with Crippen LogP contribution >= 0.6 is 0 Å². The largest absolute Gasteiger partial charge is 0.507 e. The van der Waals surface area contributed by atoms with Crippen molar-refractivity contribution < 1.29 is 19.8 Å². The number of fused-ring (bicyclic) bond motifs is 1. The molecule has 118 valence electrons. The summed E-state index contributed by atoms with van der Waals surface area (Å²) in [6.45, 7) is 0. The molecule has 0 aliphatic carbocycles. The predicted octanol–water partition coefficient (Wildman–Crippen LogP) is 4.32. The van der Waals surface area contributed by atoms with Crippen LogP contribution in [0.2, 0.25) is 0 Å². The molecule has 0 saturated carbocycles. The smallest absolute Gasteiger partial charge is 0.336 e. The van der Waals surface area contributed by atoms with Gasteiger partial charge in [-0.2, -0.15) is 0 Å². The molecule has 0 heterocycles. The summed E-state index contributed by atoms with van der Waals surface area (Å²) in [7, 11) is 0. The molecular weight excluding hydrogens is 304 g/mol. The molecule has 0 unspecified atom stereocenters. The van der Waals surface area contributed by atoms with Gasteiger partial charge in [-0.3, -0.25) is 4.79 Å². The van der Waals surface area contributed by atoms with Gasteiger partial charge in [0.15, 0.2) is 5.78 Å². The summed E-state index contributed by atoms with van der Waals surface area (Å²) in [6, 6.07) is 18.9. The van der Waals surface area contributed by atoms with E-state index in [1.165, 1.54) is 12.1 Å². The molecule has 0 atom stereocenters. The Morgan fingerprint density at radius 1 is 0.750 bits per heavy atom. The number of hydrogen-bond acceptors (Lipinski definition) is 3. The maximum Gasteiger partial charge on any atom is 0.336 e. The zero-order valence-electron chi connectivity index (χ0n) is 12.6. The number of benzene rings is 3. The zero-order valence-corrected chi connectivity index (χ0v) is 12.6. The Balaban J connectivity index is 1.97. The number of rotatable bonds is 4. The molecule has 0 bridgehead atoms. The first kappa shape index (κ1) is 15.5. The number of allylic oxidation sites excluding steroid dienone is 1. The first-order chi connectivity index (χ1) is 11.6. The molecule has 0 fully saturated rings. The van der Waals surface area contributed by atoms with Crippen molar-refractivity contribution in [1.29, 1.82) is 0 Å². The summed E-state index contributed by atoms with van der Waals surface area (Å²) in [5, 5.41) is 21.3. The quantitative estimate of drug-likeness (QED) is 0.427. The van der Waals surface area contributed by atoms with Gasteiger partial charge in [0.05, 0.1) is 5.56 Å². The molecule has 4 nitrogen and oxygen atoms in total. The molecule has 0 amide bonds. The highest BCUT2D eigenvalue weighted by atomic mass is 16.4. The fourth-order valence-corrected chi connectivity index (χ4v) is 2.52. The van der Waals surface area contributed by atoms with Gasteiger partial charge in [0, 0.05) is 17.2 Å². The molecule has 3 rings (SSSR count). The zero-order chi connectivity index (χ0) is 17.1. The Hall–Kier alpha value is -3.40. The minimum atomic E-state index is -1.18. The van der Waals surface area contributed by atoms with Crippen LogP contribution in [0.3, 0.4) is 0 Å². The number of carbonyl (C=O) groups excluding carboxylic acids is 1. The second kappa shape index (κ2) is 6.38. The Labute approximate surface area is 138 Å². The molecule has 0 aromatic heterocycles. The Morgan fingerprint density at radius 2 is 1.38 bits per heavy atom. The van der Waals surface area contributed by atoms with Gasteiger partial charge < -0.3 is 10.2 Å². The predicted molar refractivity (Wildman–Crippen MR) is 92.3 cm³/mol. The maximum atomic E-state index is 12.3. The van der Waals surface area contributed by atoms with Crippen molar-refractivity contribution in [3.05, 3.63) is 89.5 Å². The van der Waals surface area contributed by atoms with Crippen molar-refractivity contribution in [2.24, 2.45) is 0 Å². The monoisotopic (exact) mass is 318 g/mol.